The van der Waals surface area contributed by atoms with Gasteiger partial charge in [-0.2, -0.15) is 4.98 Å². The Balaban J connectivity index is 0.00000385. The number of carbonyl (C=O) groups excluding carboxylic acids is 1. The van der Waals surface area contributed by atoms with Gasteiger partial charge in [-0.1, -0.05) is 12.1 Å². The number of nitrogens with two attached hydrogens (primary N) is 1. The van der Waals surface area contributed by atoms with Gasteiger partial charge in [-0.25, -0.2) is 4.79 Å². The quantitative estimate of drug-likeness (QED) is 0.290. The number of carboxylic acids is 2. The van der Waals surface area contributed by atoms with Gasteiger partial charge in [-0.15, -0.1) is 0 Å². The number of H-pyrrole nitrogens is 1. The van der Waals surface area contributed by atoms with Gasteiger partial charge in [0.2, 0.25) is 5.95 Å². The molecule has 0 saturated heterocycles. The lowest BCUT2D eigenvalue weighted by molar-refractivity contribution is -0.140. The predicted molar refractivity (Wildman–Crippen MR) is 119 cm³/mol. The van der Waals surface area contributed by atoms with Crippen LogP contribution >= 0.6 is 0 Å². The highest BCUT2D eigenvalue weighted by Gasteiger charge is 2.23. The fourth-order valence-electron chi connectivity index (χ4n) is 3.62. The number of fused-ring (bicyclic) bond motifs is 1. The van der Waals surface area contributed by atoms with Crippen molar-refractivity contribution in [3.8, 4) is 0 Å². The zero-order valence-corrected chi connectivity index (χ0v) is 17.8. The van der Waals surface area contributed by atoms with Gasteiger partial charge in [0.1, 0.15) is 11.9 Å². The molecule has 0 fully saturated rings. The molecule has 1 aliphatic rings. The van der Waals surface area contributed by atoms with Gasteiger partial charge in [0, 0.05) is 18.5 Å². The second kappa shape index (κ2) is 11.1. The van der Waals surface area contributed by atoms with Crippen molar-refractivity contribution in [2.24, 2.45) is 5.92 Å². The van der Waals surface area contributed by atoms with E-state index in [1.165, 1.54) is 0 Å². The third-order valence-electron chi connectivity index (χ3n) is 5.39. The topological polar surface area (TPSA) is 219 Å². The standard InChI is InChI=1S/C21H25N5O6.H2O/c22-21-25-17-14(19(30)26-21)9-12(10-23-17)2-1-11-3-5-13(6-4-11)18(29)24-15(20(31)32)7-8-16(27)28;/h3-6,12,15H,1-2,7-10H2,(H,24,29)(H,27,28)(H,31,32)(H4,22,23,25,26,30);1H2/t12?,15-;/m0./s1. The van der Waals surface area contributed by atoms with E-state index >= 15 is 0 Å². The first-order valence-electron chi connectivity index (χ1n) is 10.2. The Morgan fingerprint density at radius 2 is 1.91 bits per heavy atom. The number of carboxylic acid groups (broad SMARTS) is 2. The lowest BCUT2D eigenvalue weighted by Crippen LogP contribution is -2.41. The van der Waals surface area contributed by atoms with E-state index in [9.17, 15) is 19.2 Å². The summed E-state index contributed by atoms with van der Waals surface area (Å²) in [5.41, 5.74) is 7.22. The summed E-state index contributed by atoms with van der Waals surface area (Å²) in [5.74, 6) is -2.13. The molecule has 0 saturated carbocycles. The summed E-state index contributed by atoms with van der Waals surface area (Å²) >= 11 is 0. The van der Waals surface area contributed by atoms with Crippen molar-refractivity contribution in [3.05, 3.63) is 51.3 Å². The number of nitrogens with one attached hydrogen (secondary N) is 3. The normalized spacial score (nSPS) is 15.3. The number of aliphatic carboxylic acids is 2. The highest BCUT2D eigenvalue weighted by Crippen LogP contribution is 2.23. The molecule has 0 spiro atoms. The third kappa shape index (κ3) is 6.77. The van der Waals surface area contributed by atoms with Crippen LogP contribution in [0.15, 0.2) is 29.1 Å². The Kier molecular flexibility index (Phi) is 8.51. The molecule has 12 heteroatoms. The third-order valence-corrected chi connectivity index (χ3v) is 5.39. The van der Waals surface area contributed by atoms with Crippen molar-refractivity contribution in [1.29, 1.82) is 0 Å². The van der Waals surface area contributed by atoms with E-state index in [4.69, 9.17) is 15.9 Å². The van der Waals surface area contributed by atoms with Crippen LogP contribution in [-0.2, 0) is 22.4 Å². The molecule has 2 atom stereocenters. The van der Waals surface area contributed by atoms with Gasteiger partial charge in [-0.3, -0.25) is 19.4 Å². The molecule has 33 heavy (non-hydrogen) atoms. The number of carbonyl (C=O) groups is 3. The summed E-state index contributed by atoms with van der Waals surface area (Å²) in [6, 6.07) is 5.52. The van der Waals surface area contributed by atoms with Gasteiger partial charge in [0.15, 0.2) is 0 Å². The summed E-state index contributed by atoms with van der Waals surface area (Å²) in [6.45, 7) is 0.677. The summed E-state index contributed by atoms with van der Waals surface area (Å²) in [7, 11) is 0. The molecule has 9 N–H and O–H groups in total. The number of aromatic amines is 1. The maximum absolute atomic E-state index is 12.3. The highest BCUT2D eigenvalue weighted by atomic mass is 16.4. The molecule has 1 aromatic carbocycles. The summed E-state index contributed by atoms with van der Waals surface area (Å²) in [5, 5.41) is 23.4. The number of nitrogen functional groups attached to an aromatic ring is 1. The lowest BCUT2D eigenvalue weighted by Gasteiger charge is -2.24. The lowest BCUT2D eigenvalue weighted by atomic mass is 9.91. The smallest absolute Gasteiger partial charge is 0.326 e. The maximum atomic E-state index is 12.3. The van der Waals surface area contributed by atoms with Gasteiger partial charge in [-0.05, 0) is 49.3 Å². The van der Waals surface area contributed by atoms with Crippen LogP contribution in [0, 0.1) is 5.92 Å². The van der Waals surface area contributed by atoms with Crippen molar-refractivity contribution in [3.63, 3.8) is 0 Å². The van der Waals surface area contributed by atoms with E-state index in [0.717, 1.165) is 18.4 Å². The van der Waals surface area contributed by atoms with E-state index in [0.29, 0.717) is 29.9 Å². The van der Waals surface area contributed by atoms with E-state index in [1.807, 2.05) is 0 Å². The molecule has 0 bridgehead atoms. The van der Waals surface area contributed by atoms with Crippen LogP contribution in [0.25, 0.3) is 0 Å². The van der Waals surface area contributed by atoms with E-state index in [-0.39, 0.29) is 35.7 Å². The SMILES string of the molecule is Nc1nc2c(c(=O)[nH]1)CC(CCc1ccc(C(=O)N[C@@H](CCC(=O)O)C(=O)O)cc1)CN2.O. The van der Waals surface area contributed by atoms with E-state index in [1.54, 1.807) is 24.3 Å². The number of aromatic nitrogens is 2. The number of anilines is 2. The Morgan fingerprint density at radius 1 is 1.21 bits per heavy atom. The van der Waals surface area contributed by atoms with Crippen LogP contribution in [0.1, 0.15) is 40.7 Å². The summed E-state index contributed by atoms with van der Waals surface area (Å²) < 4.78 is 0. The summed E-state index contributed by atoms with van der Waals surface area (Å²) in [6.07, 6.45) is 1.60. The second-order valence-electron chi connectivity index (χ2n) is 7.76. The Hall–Kier alpha value is -3.93. The van der Waals surface area contributed by atoms with Crippen LogP contribution in [-0.4, -0.2) is 56.1 Å². The monoisotopic (exact) mass is 461 g/mol. The number of amides is 1. The van der Waals surface area contributed by atoms with Crippen molar-refractivity contribution in [1.82, 2.24) is 15.3 Å². The van der Waals surface area contributed by atoms with Crippen LogP contribution in [0.2, 0.25) is 0 Å². The number of hydrogen-bond acceptors (Lipinski definition) is 7. The van der Waals surface area contributed by atoms with Crippen molar-refractivity contribution in [2.75, 3.05) is 17.6 Å². The molecule has 178 valence electrons. The van der Waals surface area contributed by atoms with Gasteiger partial charge < -0.3 is 32.1 Å². The molecule has 0 aliphatic carbocycles. The van der Waals surface area contributed by atoms with Gasteiger partial charge in [0.25, 0.3) is 11.5 Å². The minimum Gasteiger partial charge on any atom is -0.481 e. The minimum absolute atomic E-state index is 0. The Labute approximate surface area is 188 Å². The van der Waals surface area contributed by atoms with Crippen molar-refractivity contribution >= 4 is 29.6 Å². The molecule has 2 heterocycles. The van der Waals surface area contributed by atoms with Crippen LogP contribution in [0.3, 0.4) is 0 Å². The number of nitrogens with zero attached hydrogens (tertiary/aromatic N) is 1. The fraction of sp³-hybridized carbons (Fsp3) is 0.381. The Morgan fingerprint density at radius 3 is 2.55 bits per heavy atom. The van der Waals surface area contributed by atoms with Gasteiger partial charge >= 0.3 is 11.9 Å². The molecular weight excluding hydrogens is 434 g/mol. The highest BCUT2D eigenvalue weighted by molar-refractivity contribution is 5.96. The van der Waals surface area contributed by atoms with Crippen LogP contribution < -0.4 is 21.9 Å². The average molecular weight is 461 g/mol. The zero-order chi connectivity index (χ0) is 23.3. The number of hydrogen-bond donors (Lipinski definition) is 6. The molecule has 1 aliphatic heterocycles. The summed E-state index contributed by atoms with van der Waals surface area (Å²) in [4.78, 5) is 52.9. The Bertz CT molecular complexity index is 1070. The molecule has 12 nitrogen and oxygen atoms in total. The largest absolute Gasteiger partial charge is 0.481 e. The predicted octanol–water partition coefficient (Wildman–Crippen LogP) is -0.208. The van der Waals surface area contributed by atoms with Gasteiger partial charge in [0.05, 0.1) is 5.56 Å². The second-order valence-corrected chi connectivity index (χ2v) is 7.76. The molecule has 3 rings (SSSR count). The number of benzene rings is 1. The fourth-order valence-corrected chi connectivity index (χ4v) is 3.62. The minimum atomic E-state index is -1.28. The molecule has 2 aromatic rings. The molecule has 0 radical (unpaired) electrons. The first kappa shape index (κ1) is 25.3. The zero-order valence-electron chi connectivity index (χ0n) is 17.8. The van der Waals surface area contributed by atoms with E-state index < -0.39 is 23.9 Å². The first-order valence-corrected chi connectivity index (χ1v) is 10.2. The number of aryl methyl sites for hydroxylation is 1. The average Bonchev–Trinajstić information content (AvgIpc) is 2.75. The van der Waals surface area contributed by atoms with Crippen LogP contribution in [0.4, 0.5) is 11.8 Å². The van der Waals surface area contributed by atoms with Crippen molar-refractivity contribution in [2.45, 2.75) is 38.1 Å². The van der Waals surface area contributed by atoms with Crippen LogP contribution in [0.5, 0.6) is 0 Å². The molecular formula is C21H27N5O7. The van der Waals surface area contributed by atoms with E-state index in [2.05, 4.69) is 20.6 Å². The van der Waals surface area contributed by atoms with Crippen molar-refractivity contribution < 1.29 is 30.1 Å². The molecule has 1 unspecified atom stereocenters. The first-order chi connectivity index (χ1) is 15.2. The number of rotatable bonds is 9. The maximum Gasteiger partial charge on any atom is 0.326 e. The molecule has 1 aromatic heterocycles. The molecule has 1 amide bonds.